The number of carbonyl (C=O) groups is 2. The van der Waals surface area contributed by atoms with Crippen LogP contribution in [-0.4, -0.2) is 39.6 Å². The summed E-state index contributed by atoms with van der Waals surface area (Å²) in [5, 5.41) is 21.7. The molecule has 0 heterocycles. The Hall–Kier alpha value is -1.54. The highest BCUT2D eigenvalue weighted by atomic mass is 35.5. The van der Waals surface area contributed by atoms with Gasteiger partial charge in [-0.1, -0.05) is 35.3 Å². The van der Waals surface area contributed by atoms with Gasteiger partial charge in [-0.05, 0) is 17.7 Å². The lowest BCUT2D eigenvalue weighted by Crippen LogP contribution is -2.44. The van der Waals surface area contributed by atoms with Gasteiger partial charge in [0.1, 0.15) is 6.10 Å². The number of aliphatic hydroxyl groups excluding tert-OH is 2. The summed E-state index contributed by atoms with van der Waals surface area (Å²) >= 11 is 10.8. The van der Waals surface area contributed by atoms with E-state index in [0.29, 0.717) is 11.3 Å². The summed E-state index contributed by atoms with van der Waals surface area (Å²) in [6, 6.07) is 5.25. The molecule has 9 heteroatoms. The number of hydrogen-bond acceptors (Lipinski definition) is 6. The van der Waals surface area contributed by atoms with Crippen molar-refractivity contribution in [1.29, 1.82) is 0 Å². The zero-order chi connectivity index (χ0) is 16.7. The predicted molar refractivity (Wildman–Crippen MR) is 81.3 cm³/mol. The van der Waals surface area contributed by atoms with E-state index in [1.807, 2.05) is 0 Å². The molecule has 122 valence electrons. The van der Waals surface area contributed by atoms with E-state index < -0.39 is 35.5 Å². The number of aliphatic hydroxyl groups is 2. The van der Waals surface area contributed by atoms with Gasteiger partial charge in [-0.3, -0.25) is 9.59 Å². The molecule has 22 heavy (non-hydrogen) atoms. The summed E-state index contributed by atoms with van der Waals surface area (Å²) in [5.41, 5.74) is 3.35. The van der Waals surface area contributed by atoms with Gasteiger partial charge in [0.15, 0.2) is 4.84 Å². The second kappa shape index (κ2) is 8.79. The van der Waals surface area contributed by atoms with Crippen molar-refractivity contribution in [3.05, 3.63) is 29.8 Å². The molecule has 1 aromatic carbocycles. The number of rotatable bonds is 7. The van der Waals surface area contributed by atoms with E-state index in [2.05, 4.69) is 15.6 Å². The number of anilines is 1. The minimum Gasteiger partial charge on any atom is -0.394 e. The Kier molecular flexibility index (Phi) is 7.40. The molecule has 0 unspecified atom stereocenters. The van der Waals surface area contributed by atoms with E-state index in [1.54, 1.807) is 24.3 Å². The van der Waals surface area contributed by atoms with Crippen LogP contribution in [0, 0.1) is 0 Å². The van der Waals surface area contributed by atoms with Crippen LogP contribution in [0.25, 0.3) is 0 Å². The van der Waals surface area contributed by atoms with Crippen LogP contribution < -0.4 is 10.8 Å². The van der Waals surface area contributed by atoms with Crippen molar-refractivity contribution in [1.82, 2.24) is 5.32 Å². The van der Waals surface area contributed by atoms with Gasteiger partial charge >= 0.3 is 5.97 Å². The summed E-state index contributed by atoms with van der Waals surface area (Å²) in [4.78, 5) is 25.4. The van der Waals surface area contributed by atoms with Gasteiger partial charge in [-0.25, -0.2) is 5.48 Å². The SMILES string of the molecule is CC(=O)ONc1ccc([C@@H](O)[C@@H](CO)NC(=O)C(Cl)Cl)cc1. The Morgan fingerprint density at radius 1 is 1.27 bits per heavy atom. The molecule has 0 radical (unpaired) electrons. The quantitative estimate of drug-likeness (QED) is 0.429. The molecule has 2 atom stereocenters. The number of nitrogens with one attached hydrogen (secondary N) is 2. The van der Waals surface area contributed by atoms with E-state index in [9.17, 15) is 19.8 Å². The maximum atomic E-state index is 11.4. The normalized spacial score (nSPS) is 13.4. The lowest BCUT2D eigenvalue weighted by molar-refractivity contribution is -0.138. The second-order valence-corrected chi connectivity index (χ2v) is 5.46. The summed E-state index contributed by atoms with van der Waals surface area (Å²) in [6.07, 6.45) is -1.16. The van der Waals surface area contributed by atoms with Crippen molar-refractivity contribution in [2.45, 2.75) is 23.9 Å². The fourth-order valence-electron chi connectivity index (χ4n) is 1.58. The number of alkyl halides is 2. The van der Waals surface area contributed by atoms with Crippen LogP contribution in [0.3, 0.4) is 0 Å². The monoisotopic (exact) mass is 350 g/mol. The number of hydrogen-bond donors (Lipinski definition) is 4. The maximum Gasteiger partial charge on any atom is 0.329 e. The molecule has 1 amide bonds. The average Bonchev–Trinajstić information content (AvgIpc) is 2.50. The van der Waals surface area contributed by atoms with Crippen LogP contribution in [-0.2, 0) is 14.4 Å². The number of amides is 1. The minimum absolute atomic E-state index is 0.438. The van der Waals surface area contributed by atoms with Gasteiger partial charge in [0.2, 0.25) is 0 Å². The van der Waals surface area contributed by atoms with Crippen LogP contribution >= 0.6 is 23.2 Å². The van der Waals surface area contributed by atoms with Crippen molar-refractivity contribution in [2.75, 3.05) is 12.1 Å². The van der Waals surface area contributed by atoms with Crippen molar-refractivity contribution >= 4 is 40.8 Å². The van der Waals surface area contributed by atoms with Gasteiger partial charge in [-0.2, -0.15) is 0 Å². The first-order valence-electron chi connectivity index (χ1n) is 6.26. The van der Waals surface area contributed by atoms with Crippen LogP contribution in [0.1, 0.15) is 18.6 Å². The minimum atomic E-state index is -1.29. The smallest absolute Gasteiger partial charge is 0.329 e. The summed E-state index contributed by atoms with van der Waals surface area (Å²) in [7, 11) is 0. The summed E-state index contributed by atoms with van der Waals surface area (Å²) in [6.45, 7) is 0.752. The fraction of sp³-hybridized carbons (Fsp3) is 0.385. The molecule has 0 aliphatic carbocycles. The lowest BCUT2D eigenvalue weighted by atomic mass is 10.0. The molecule has 0 saturated carbocycles. The maximum absolute atomic E-state index is 11.4. The van der Waals surface area contributed by atoms with Gasteiger partial charge < -0.3 is 20.4 Å². The molecule has 0 aliphatic rings. The highest BCUT2D eigenvalue weighted by Crippen LogP contribution is 2.20. The van der Waals surface area contributed by atoms with Gasteiger partial charge in [0.25, 0.3) is 5.91 Å². The van der Waals surface area contributed by atoms with Crippen LogP contribution in [0.4, 0.5) is 5.69 Å². The Labute approximate surface area is 137 Å². The van der Waals surface area contributed by atoms with Crippen molar-refractivity contribution in [3.8, 4) is 0 Å². The Bertz CT molecular complexity index is 510. The molecule has 0 bridgehead atoms. The summed E-state index contributed by atoms with van der Waals surface area (Å²) < 4.78 is 0. The largest absolute Gasteiger partial charge is 0.394 e. The van der Waals surface area contributed by atoms with Gasteiger partial charge in [0, 0.05) is 6.92 Å². The number of benzene rings is 1. The zero-order valence-electron chi connectivity index (χ0n) is 11.6. The highest BCUT2D eigenvalue weighted by molar-refractivity contribution is 6.53. The van der Waals surface area contributed by atoms with Gasteiger partial charge in [0.05, 0.1) is 18.3 Å². The number of halogens is 2. The average molecular weight is 351 g/mol. The third-order valence-electron chi connectivity index (χ3n) is 2.67. The van der Waals surface area contributed by atoms with E-state index in [1.165, 1.54) is 6.92 Å². The summed E-state index contributed by atoms with van der Waals surface area (Å²) in [5.74, 6) is -1.21. The molecule has 0 aromatic heterocycles. The lowest BCUT2D eigenvalue weighted by Gasteiger charge is -2.23. The van der Waals surface area contributed by atoms with Gasteiger partial charge in [-0.15, -0.1) is 0 Å². The Morgan fingerprint density at radius 2 is 1.86 bits per heavy atom. The molecular weight excluding hydrogens is 335 g/mol. The van der Waals surface area contributed by atoms with E-state index >= 15 is 0 Å². The molecule has 0 saturated heterocycles. The van der Waals surface area contributed by atoms with Crippen molar-refractivity contribution < 1.29 is 24.6 Å². The van der Waals surface area contributed by atoms with E-state index in [-0.39, 0.29) is 0 Å². The third-order valence-corrected chi connectivity index (χ3v) is 3.06. The standard InChI is InChI=1S/C13H16Cl2N2O5/c1-7(19)22-17-9-4-2-8(3-5-9)11(20)10(6-18)16-13(21)12(14)15/h2-5,10-12,17-18,20H,6H2,1H3,(H,16,21)/t10-,11-/m1/s1. The zero-order valence-corrected chi connectivity index (χ0v) is 13.1. The number of carbonyl (C=O) groups excluding carboxylic acids is 2. The molecule has 0 spiro atoms. The molecular formula is C13H16Cl2N2O5. The highest BCUT2D eigenvalue weighted by Gasteiger charge is 2.24. The van der Waals surface area contributed by atoms with E-state index in [0.717, 1.165) is 0 Å². The van der Waals surface area contributed by atoms with Crippen LogP contribution in [0.5, 0.6) is 0 Å². The molecule has 1 aromatic rings. The van der Waals surface area contributed by atoms with Crippen molar-refractivity contribution in [3.63, 3.8) is 0 Å². The van der Waals surface area contributed by atoms with Crippen LogP contribution in [0.15, 0.2) is 24.3 Å². The first-order chi connectivity index (χ1) is 10.3. The molecule has 0 aliphatic heterocycles. The van der Waals surface area contributed by atoms with E-state index in [4.69, 9.17) is 23.2 Å². The first kappa shape index (κ1) is 18.5. The Morgan fingerprint density at radius 3 is 2.32 bits per heavy atom. The molecule has 4 N–H and O–H groups in total. The second-order valence-electron chi connectivity index (χ2n) is 4.36. The fourth-order valence-corrected chi connectivity index (χ4v) is 1.71. The topological polar surface area (TPSA) is 108 Å². The Balaban J connectivity index is 2.72. The molecule has 0 fully saturated rings. The third kappa shape index (κ3) is 5.69. The molecule has 1 rings (SSSR count). The predicted octanol–water partition coefficient (Wildman–Crippen LogP) is 0.891. The van der Waals surface area contributed by atoms with Crippen LogP contribution in [0.2, 0.25) is 0 Å². The first-order valence-corrected chi connectivity index (χ1v) is 7.13. The van der Waals surface area contributed by atoms with Crippen molar-refractivity contribution in [2.24, 2.45) is 0 Å². The molecule has 7 nitrogen and oxygen atoms in total.